The summed E-state index contributed by atoms with van der Waals surface area (Å²) >= 11 is 0. The summed E-state index contributed by atoms with van der Waals surface area (Å²) in [6.07, 6.45) is 0. The van der Waals surface area contributed by atoms with Crippen LogP contribution in [0.1, 0.15) is 41.2 Å². The minimum Gasteiger partial charge on any atom is -0.375 e. The fourth-order valence-electron chi connectivity index (χ4n) is 3.57. The maximum absolute atomic E-state index is 12.8. The summed E-state index contributed by atoms with van der Waals surface area (Å²) < 4.78 is 7.61. The Bertz CT molecular complexity index is 1270. The SMILES string of the molecule is C=C(c1ccc(C)cc1)c1nn([C@H](C)COCc2ccccc2)c2c(=O)[nH]c(C)nc12. The molecule has 0 amide bonds. The number of benzene rings is 2. The van der Waals surface area contributed by atoms with Crippen molar-refractivity contribution in [3.63, 3.8) is 0 Å². The molecule has 4 aromatic rings. The smallest absolute Gasteiger partial charge is 0.277 e. The highest BCUT2D eigenvalue weighted by Gasteiger charge is 2.22. The van der Waals surface area contributed by atoms with E-state index in [2.05, 4.69) is 16.5 Å². The summed E-state index contributed by atoms with van der Waals surface area (Å²) in [5, 5.41) is 4.77. The Labute approximate surface area is 181 Å². The number of hydrogen-bond acceptors (Lipinski definition) is 4. The second kappa shape index (κ2) is 8.70. The number of nitrogens with one attached hydrogen (secondary N) is 1. The molecule has 1 atom stereocenters. The van der Waals surface area contributed by atoms with E-state index in [-0.39, 0.29) is 11.6 Å². The van der Waals surface area contributed by atoms with E-state index in [0.717, 1.165) is 16.7 Å². The molecule has 0 saturated carbocycles. The van der Waals surface area contributed by atoms with Gasteiger partial charge in [-0.1, -0.05) is 66.7 Å². The van der Waals surface area contributed by atoms with Gasteiger partial charge < -0.3 is 9.72 Å². The van der Waals surface area contributed by atoms with Crippen molar-refractivity contribution in [1.82, 2.24) is 19.7 Å². The minimum atomic E-state index is -0.215. The van der Waals surface area contributed by atoms with Crippen LogP contribution < -0.4 is 5.56 Å². The van der Waals surface area contributed by atoms with Crippen LogP contribution in [0.15, 0.2) is 66.0 Å². The van der Waals surface area contributed by atoms with Crippen molar-refractivity contribution in [2.45, 2.75) is 33.4 Å². The monoisotopic (exact) mass is 414 g/mol. The number of aromatic nitrogens is 4. The Balaban J connectivity index is 1.67. The van der Waals surface area contributed by atoms with E-state index in [1.807, 2.05) is 68.4 Å². The number of aromatic amines is 1. The molecule has 0 aliphatic rings. The second-order valence-electron chi connectivity index (χ2n) is 7.84. The number of hydrogen-bond donors (Lipinski definition) is 1. The van der Waals surface area contributed by atoms with E-state index < -0.39 is 0 Å². The zero-order valence-electron chi connectivity index (χ0n) is 18.1. The van der Waals surface area contributed by atoms with Crippen molar-refractivity contribution in [3.05, 3.63) is 99.7 Å². The Hall–Kier alpha value is -3.51. The van der Waals surface area contributed by atoms with Gasteiger partial charge in [0.2, 0.25) is 0 Å². The molecule has 2 aromatic heterocycles. The number of H-pyrrole nitrogens is 1. The first-order chi connectivity index (χ1) is 14.9. The highest BCUT2D eigenvalue weighted by Crippen LogP contribution is 2.27. The maximum atomic E-state index is 12.8. The molecule has 31 heavy (non-hydrogen) atoms. The van der Waals surface area contributed by atoms with Crippen molar-refractivity contribution in [1.29, 1.82) is 0 Å². The normalized spacial score (nSPS) is 12.2. The van der Waals surface area contributed by atoms with Gasteiger partial charge in [-0.15, -0.1) is 0 Å². The molecule has 0 spiro atoms. The third kappa shape index (κ3) is 4.34. The van der Waals surface area contributed by atoms with Crippen LogP contribution in [0.2, 0.25) is 0 Å². The zero-order chi connectivity index (χ0) is 22.0. The van der Waals surface area contributed by atoms with Crippen molar-refractivity contribution < 1.29 is 4.74 Å². The second-order valence-corrected chi connectivity index (χ2v) is 7.84. The first kappa shape index (κ1) is 20.8. The number of nitrogens with zero attached hydrogens (tertiary/aromatic N) is 3. The summed E-state index contributed by atoms with van der Waals surface area (Å²) in [7, 11) is 0. The number of rotatable bonds is 7. The van der Waals surface area contributed by atoms with Crippen LogP contribution in [0, 0.1) is 13.8 Å². The molecule has 158 valence electrons. The van der Waals surface area contributed by atoms with Crippen molar-refractivity contribution >= 4 is 16.6 Å². The summed E-state index contributed by atoms with van der Waals surface area (Å²) in [6.45, 7) is 11.0. The number of fused-ring (bicyclic) bond motifs is 1. The predicted molar refractivity (Wildman–Crippen MR) is 123 cm³/mol. The topological polar surface area (TPSA) is 72.8 Å². The van der Waals surface area contributed by atoms with Gasteiger partial charge in [-0.25, -0.2) is 4.98 Å². The molecule has 0 fully saturated rings. The molecular weight excluding hydrogens is 388 g/mol. The summed E-state index contributed by atoms with van der Waals surface area (Å²) in [4.78, 5) is 20.2. The van der Waals surface area contributed by atoms with Gasteiger partial charge in [0, 0.05) is 5.57 Å². The van der Waals surface area contributed by atoms with Crippen LogP contribution in [0.25, 0.3) is 16.6 Å². The van der Waals surface area contributed by atoms with E-state index >= 15 is 0 Å². The molecule has 2 heterocycles. The Morgan fingerprint density at radius 2 is 1.84 bits per heavy atom. The highest BCUT2D eigenvalue weighted by molar-refractivity contribution is 5.91. The average molecular weight is 415 g/mol. The quantitative estimate of drug-likeness (QED) is 0.481. The molecule has 0 saturated heterocycles. The van der Waals surface area contributed by atoms with Gasteiger partial charge >= 0.3 is 0 Å². The fourth-order valence-corrected chi connectivity index (χ4v) is 3.57. The first-order valence-corrected chi connectivity index (χ1v) is 10.3. The summed E-state index contributed by atoms with van der Waals surface area (Å²) in [6, 6.07) is 17.9. The largest absolute Gasteiger partial charge is 0.375 e. The third-order valence-electron chi connectivity index (χ3n) is 5.25. The molecule has 1 N–H and O–H groups in total. The zero-order valence-corrected chi connectivity index (χ0v) is 18.1. The van der Waals surface area contributed by atoms with Crippen LogP contribution in [0.5, 0.6) is 0 Å². The molecule has 4 rings (SSSR count). The summed E-state index contributed by atoms with van der Waals surface area (Å²) in [5.41, 5.74) is 5.34. The van der Waals surface area contributed by atoms with Gasteiger partial charge in [0.1, 0.15) is 17.0 Å². The standard InChI is InChI=1S/C25H26N4O2/c1-16-10-12-21(13-11-16)18(3)22-23-24(25(30)27-19(4)26-23)29(28-22)17(2)14-31-15-20-8-6-5-7-9-20/h5-13,17H,3,14-15H2,1-2,4H3,(H,26,27,30)/t17-/m1/s1. The van der Waals surface area contributed by atoms with E-state index in [1.54, 1.807) is 11.6 Å². The van der Waals surface area contributed by atoms with Gasteiger partial charge in [-0.05, 0) is 31.9 Å². The van der Waals surface area contributed by atoms with E-state index in [1.165, 1.54) is 5.56 Å². The molecule has 0 aliphatic heterocycles. The lowest BCUT2D eigenvalue weighted by atomic mass is 10.0. The van der Waals surface area contributed by atoms with Crippen molar-refractivity contribution in [2.24, 2.45) is 0 Å². The van der Waals surface area contributed by atoms with Crippen molar-refractivity contribution in [2.75, 3.05) is 6.61 Å². The third-order valence-corrected chi connectivity index (χ3v) is 5.25. The lowest BCUT2D eigenvalue weighted by molar-refractivity contribution is 0.0926. The molecule has 6 nitrogen and oxygen atoms in total. The minimum absolute atomic E-state index is 0.156. The van der Waals surface area contributed by atoms with Crippen LogP contribution in [-0.2, 0) is 11.3 Å². The lowest BCUT2D eigenvalue weighted by Gasteiger charge is -2.13. The van der Waals surface area contributed by atoms with Gasteiger partial charge in [0.15, 0.2) is 5.52 Å². The Morgan fingerprint density at radius 3 is 2.55 bits per heavy atom. The lowest BCUT2D eigenvalue weighted by Crippen LogP contribution is -2.19. The molecule has 0 bridgehead atoms. The molecule has 2 aromatic carbocycles. The average Bonchev–Trinajstić information content (AvgIpc) is 3.14. The first-order valence-electron chi connectivity index (χ1n) is 10.3. The highest BCUT2D eigenvalue weighted by atomic mass is 16.5. The molecule has 0 unspecified atom stereocenters. The van der Waals surface area contributed by atoms with Gasteiger partial charge in [0.05, 0.1) is 19.3 Å². The molecule has 0 aliphatic carbocycles. The van der Waals surface area contributed by atoms with Crippen molar-refractivity contribution in [3.8, 4) is 0 Å². The predicted octanol–water partition coefficient (Wildman–Crippen LogP) is 4.58. The number of ether oxygens (including phenoxy) is 1. The van der Waals surface area contributed by atoms with Gasteiger partial charge in [0.25, 0.3) is 5.56 Å². The fraction of sp³-hybridized carbons (Fsp3) is 0.240. The van der Waals surface area contributed by atoms with Gasteiger partial charge in [-0.2, -0.15) is 5.10 Å². The van der Waals surface area contributed by atoms with Crippen LogP contribution in [0.3, 0.4) is 0 Å². The van der Waals surface area contributed by atoms with E-state index in [4.69, 9.17) is 9.84 Å². The van der Waals surface area contributed by atoms with E-state index in [9.17, 15) is 4.79 Å². The summed E-state index contributed by atoms with van der Waals surface area (Å²) in [5.74, 6) is 0.544. The Morgan fingerprint density at radius 1 is 1.13 bits per heavy atom. The van der Waals surface area contributed by atoms with Crippen LogP contribution in [-0.4, -0.2) is 26.4 Å². The Kier molecular flexibility index (Phi) is 5.82. The van der Waals surface area contributed by atoms with Crippen LogP contribution >= 0.6 is 0 Å². The maximum Gasteiger partial charge on any atom is 0.277 e. The molecule has 6 heteroatoms. The molecular formula is C25H26N4O2. The van der Waals surface area contributed by atoms with Crippen LogP contribution in [0.4, 0.5) is 0 Å². The van der Waals surface area contributed by atoms with E-state index in [0.29, 0.717) is 35.8 Å². The molecule has 0 radical (unpaired) electrons. The number of aryl methyl sites for hydroxylation is 2. The van der Waals surface area contributed by atoms with Gasteiger partial charge in [-0.3, -0.25) is 9.48 Å².